The van der Waals surface area contributed by atoms with Crippen molar-refractivity contribution in [1.82, 2.24) is 9.97 Å². The number of hydrogen-bond acceptors (Lipinski definition) is 5. The molecule has 29 heavy (non-hydrogen) atoms. The molecule has 2 aliphatic rings. The zero-order valence-corrected chi connectivity index (χ0v) is 16.9. The van der Waals surface area contributed by atoms with Crippen LogP contribution in [-0.4, -0.2) is 28.5 Å². The second-order valence-electron chi connectivity index (χ2n) is 7.50. The normalized spacial score (nSPS) is 23.8. The van der Waals surface area contributed by atoms with Crippen LogP contribution in [-0.2, 0) is 4.79 Å². The molecule has 1 aromatic carbocycles. The minimum atomic E-state index is -1.06. The van der Waals surface area contributed by atoms with Crippen molar-refractivity contribution in [1.29, 1.82) is 5.26 Å². The van der Waals surface area contributed by atoms with Crippen molar-refractivity contribution in [3.63, 3.8) is 0 Å². The molecule has 3 atom stereocenters. The zero-order chi connectivity index (χ0) is 20.5. The predicted molar refractivity (Wildman–Crippen MR) is 111 cm³/mol. The van der Waals surface area contributed by atoms with Gasteiger partial charge in [-0.25, -0.2) is 0 Å². The summed E-state index contributed by atoms with van der Waals surface area (Å²) in [5.74, 6) is -1.63. The number of aromatic amines is 1. The molecule has 3 unspecified atom stereocenters. The monoisotopic (exact) mass is 411 g/mol. The molecular formula is C21H22ClN5O2. The highest BCUT2D eigenvalue weighted by Gasteiger charge is 2.41. The Morgan fingerprint density at radius 3 is 2.83 bits per heavy atom. The number of carbonyl (C=O) groups excluding carboxylic acids is 1. The maximum atomic E-state index is 13.2. The van der Waals surface area contributed by atoms with Crippen LogP contribution in [0.2, 0.25) is 5.02 Å². The SMILES string of the molecule is CCC1CCCCN1c1nc2c(c(=O)[nH]1)C(c1ccccc1Cl)C(C#N)C(=O)N2. The lowest BCUT2D eigenvalue weighted by Crippen LogP contribution is -2.43. The Hall–Kier alpha value is -2.85. The molecule has 2 N–H and O–H groups in total. The van der Waals surface area contributed by atoms with Crippen molar-refractivity contribution in [2.75, 3.05) is 16.8 Å². The van der Waals surface area contributed by atoms with Gasteiger partial charge in [-0.05, 0) is 37.3 Å². The first-order chi connectivity index (χ1) is 14.0. The summed E-state index contributed by atoms with van der Waals surface area (Å²) < 4.78 is 0. The standard InChI is InChI=1S/C21H22ClN5O2/c1-2-12-7-5-6-10-27(12)21-25-18-17(20(29)26-21)16(14(11-23)19(28)24-18)13-8-3-4-9-15(13)22/h3-4,8-9,12,14,16H,2,5-7,10H2,1H3,(H2,24,25,26,28,29). The maximum Gasteiger partial charge on any atom is 0.258 e. The minimum absolute atomic E-state index is 0.214. The summed E-state index contributed by atoms with van der Waals surface area (Å²) >= 11 is 6.36. The van der Waals surface area contributed by atoms with E-state index in [9.17, 15) is 14.9 Å². The van der Waals surface area contributed by atoms with Gasteiger partial charge in [-0.1, -0.05) is 36.7 Å². The summed E-state index contributed by atoms with van der Waals surface area (Å²) in [5.41, 5.74) is 0.495. The van der Waals surface area contributed by atoms with Crippen LogP contribution < -0.4 is 15.8 Å². The van der Waals surface area contributed by atoms with Gasteiger partial charge in [0.1, 0.15) is 11.7 Å². The smallest absolute Gasteiger partial charge is 0.258 e. The number of aromatic nitrogens is 2. The quantitative estimate of drug-likeness (QED) is 0.805. The van der Waals surface area contributed by atoms with E-state index in [2.05, 4.69) is 27.1 Å². The Labute approximate surface area is 173 Å². The molecular weight excluding hydrogens is 390 g/mol. The number of nitriles is 1. The van der Waals surface area contributed by atoms with Gasteiger partial charge in [0.05, 0.1) is 11.6 Å². The number of carbonyl (C=O) groups is 1. The summed E-state index contributed by atoms with van der Waals surface area (Å²) in [6, 6.07) is 9.30. The molecule has 1 saturated heterocycles. The number of rotatable bonds is 3. The van der Waals surface area contributed by atoms with Gasteiger partial charge < -0.3 is 10.2 Å². The Morgan fingerprint density at radius 1 is 1.31 bits per heavy atom. The van der Waals surface area contributed by atoms with E-state index in [0.717, 1.165) is 32.2 Å². The van der Waals surface area contributed by atoms with Gasteiger partial charge in [0.2, 0.25) is 11.9 Å². The molecule has 8 heteroatoms. The van der Waals surface area contributed by atoms with Crippen molar-refractivity contribution in [3.8, 4) is 6.07 Å². The van der Waals surface area contributed by atoms with E-state index in [1.807, 2.05) is 6.07 Å². The third-order valence-corrected chi connectivity index (χ3v) is 6.21. The number of anilines is 2. The molecule has 2 aromatic rings. The van der Waals surface area contributed by atoms with Crippen LogP contribution in [0.3, 0.4) is 0 Å². The lowest BCUT2D eigenvalue weighted by Gasteiger charge is -2.36. The van der Waals surface area contributed by atoms with E-state index in [0.29, 0.717) is 22.6 Å². The lowest BCUT2D eigenvalue weighted by atomic mass is 9.79. The highest BCUT2D eigenvalue weighted by atomic mass is 35.5. The third-order valence-electron chi connectivity index (χ3n) is 5.86. The van der Waals surface area contributed by atoms with Crippen molar-refractivity contribution in [3.05, 3.63) is 50.8 Å². The van der Waals surface area contributed by atoms with E-state index in [4.69, 9.17) is 11.6 Å². The van der Waals surface area contributed by atoms with Crippen molar-refractivity contribution in [2.45, 2.75) is 44.6 Å². The third kappa shape index (κ3) is 3.38. The Morgan fingerprint density at radius 2 is 2.10 bits per heavy atom. The van der Waals surface area contributed by atoms with Gasteiger partial charge in [0.15, 0.2) is 0 Å². The summed E-state index contributed by atoms with van der Waals surface area (Å²) in [7, 11) is 0. The van der Waals surface area contributed by atoms with Crippen LogP contribution in [0.15, 0.2) is 29.1 Å². The van der Waals surface area contributed by atoms with E-state index in [1.54, 1.807) is 24.3 Å². The molecule has 0 radical (unpaired) electrons. The zero-order valence-electron chi connectivity index (χ0n) is 16.1. The summed E-state index contributed by atoms with van der Waals surface area (Å²) in [6.45, 7) is 2.93. The second kappa shape index (κ2) is 7.88. The van der Waals surface area contributed by atoms with E-state index < -0.39 is 17.7 Å². The molecule has 0 bridgehead atoms. The number of benzene rings is 1. The highest BCUT2D eigenvalue weighted by Crippen LogP contribution is 2.41. The number of nitrogens with one attached hydrogen (secondary N) is 2. The molecule has 150 valence electrons. The largest absolute Gasteiger partial charge is 0.339 e. The van der Waals surface area contributed by atoms with Crippen LogP contribution in [0, 0.1) is 17.2 Å². The number of piperidine rings is 1. The maximum absolute atomic E-state index is 13.2. The molecule has 2 aliphatic heterocycles. The first-order valence-corrected chi connectivity index (χ1v) is 10.3. The van der Waals surface area contributed by atoms with Crippen LogP contribution in [0.5, 0.6) is 0 Å². The molecule has 3 heterocycles. The van der Waals surface area contributed by atoms with Gasteiger partial charge in [0, 0.05) is 23.5 Å². The van der Waals surface area contributed by atoms with Gasteiger partial charge in [-0.15, -0.1) is 0 Å². The topological polar surface area (TPSA) is 102 Å². The van der Waals surface area contributed by atoms with Gasteiger partial charge in [-0.3, -0.25) is 14.6 Å². The average molecular weight is 412 g/mol. The molecule has 1 fully saturated rings. The minimum Gasteiger partial charge on any atom is -0.339 e. The van der Waals surface area contributed by atoms with Crippen molar-refractivity contribution < 1.29 is 4.79 Å². The Balaban J connectivity index is 1.86. The van der Waals surface area contributed by atoms with E-state index in [-0.39, 0.29) is 16.9 Å². The number of nitrogens with zero attached hydrogens (tertiary/aromatic N) is 3. The van der Waals surface area contributed by atoms with Crippen LogP contribution in [0.4, 0.5) is 11.8 Å². The molecule has 0 aliphatic carbocycles. The lowest BCUT2D eigenvalue weighted by molar-refractivity contribution is -0.119. The van der Waals surface area contributed by atoms with E-state index in [1.165, 1.54) is 0 Å². The second-order valence-corrected chi connectivity index (χ2v) is 7.91. The first kappa shape index (κ1) is 19.5. The van der Waals surface area contributed by atoms with Gasteiger partial charge in [-0.2, -0.15) is 10.2 Å². The Kier molecular flexibility index (Phi) is 5.29. The van der Waals surface area contributed by atoms with E-state index >= 15 is 0 Å². The Bertz CT molecular complexity index is 1040. The fraction of sp³-hybridized carbons (Fsp3) is 0.429. The first-order valence-electron chi connectivity index (χ1n) is 9.91. The predicted octanol–water partition coefficient (Wildman–Crippen LogP) is 3.42. The number of amides is 1. The van der Waals surface area contributed by atoms with Gasteiger partial charge in [0.25, 0.3) is 5.56 Å². The summed E-state index contributed by atoms with van der Waals surface area (Å²) in [4.78, 5) is 35.4. The van der Waals surface area contributed by atoms with Gasteiger partial charge >= 0.3 is 0 Å². The molecule has 0 saturated carbocycles. The number of hydrogen-bond donors (Lipinski definition) is 2. The van der Waals surface area contributed by atoms with Crippen LogP contribution >= 0.6 is 11.6 Å². The molecule has 1 amide bonds. The number of fused-ring (bicyclic) bond motifs is 1. The summed E-state index contributed by atoms with van der Waals surface area (Å²) in [6.07, 6.45) is 4.18. The van der Waals surface area contributed by atoms with Crippen molar-refractivity contribution in [2.24, 2.45) is 5.92 Å². The molecule has 4 rings (SSSR count). The highest BCUT2D eigenvalue weighted by molar-refractivity contribution is 6.31. The van der Waals surface area contributed by atoms with Crippen molar-refractivity contribution >= 4 is 29.3 Å². The fourth-order valence-electron chi connectivity index (χ4n) is 4.40. The summed E-state index contributed by atoms with van der Waals surface area (Å²) in [5, 5.41) is 12.7. The fourth-order valence-corrected chi connectivity index (χ4v) is 4.66. The number of H-pyrrole nitrogens is 1. The van der Waals surface area contributed by atoms with Crippen LogP contribution in [0.1, 0.15) is 49.7 Å². The van der Waals surface area contributed by atoms with Crippen LogP contribution in [0.25, 0.3) is 0 Å². The molecule has 0 spiro atoms. The average Bonchev–Trinajstić information content (AvgIpc) is 2.73. The number of halogens is 1. The molecule has 1 aromatic heterocycles. The molecule has 7 nitrogen and oxygen atoms in total.